The van der Waals surface area contributed by atoms with Gasteiger partial charge in [-0.3, -0.25) is 9.59 Å². The van der Waals surface area contributed by atoms with Gasteiger partial charge in [0.05, 0.1) is 6.04 Å². The first-order valence-electron chi connectivity index (χ1n) is 14.3. The number of nitrogens with two attached hydrogens (primary N) is 1. The van der Waals surface area contributed by atoms with Crippen LogP contribution in [0.1, 0.15) is 46.7 Å². The summed E-state index contributed by atoms with van der Waals surface area (Å²) in [5.41, 5.74) is 8.67. The number of hydrogen-bond donors (Lipinski definition) is 3. The summed E-state index contributed by atoms with van der Waals surface area (Å²) in [7, 11) is 0. The van der Waals surface area contributed by atoms with Crippen LogP contribution in [0, 0.1) is 5.82 Å². The van der Waals surface area contributed by atoms with E-state index in [0.29, 0.717) is 44.6 Å². The van der Waals surface area contributed by atoms with Crippen LogP contribution in [0.3, 0.4) is 0 Å². The van der Waals surface area contributed by atoms with E-state index >= 15 is 0 Å². The molecule has 6 nitrogen and oxygen atoms in total. The predicted molar refractivity (Wildman–Crippen MR) is 161 cm³/mol. The number of nitrogens with one attached hydrogen (secondary N) is 2. The Kier molecular flexibility index (Phi) is 9.39. The standard InChI is InChI=1S/C34H37FN4O2/c35-29-16-15-26-20-28(14-13-27(26)21-29)33(40)37-22-30-17-19-39(34(41)32(38-30)12-7-18-36)23-31(24-8-3-1-4-9-24)25-10-5-2-6-11-25/h1-6,8-11,13-16,20-21,30-32,38H,7,12,17-19,22-23,36H2,(H,37,40)/t30?,32-/m0/s1. The predicted octanol–water partition coefficient (Wildman–Crippen LogP) is 4.84. The van der Waals surface area contributed by atoms with Gasteiger partial charge in [-0.2, -0.15) is 0 Å². The molecule has 5 rings (SSSR count). The summed E-state index contributed by atoms with van der Waals surface area (Å²) in [6.07, 6.45) is 2.08. The van der Waals surface area contributed by atoms with E-state index in [1.165, 1.54) is 23.3 Å². The number of nitrogens with zero attached hydrogens (tertiary/aromatic N) is 1. The molecule has 1 heterocycles. The molecule has 2 atom stereocenters. The zero-order valence-electron chi connectivity index (χ0n) is 23.1. The van der Waals surface area contributed by atoms with E-state index in [1.807, 2.05) is 41.3 Å². The van der Waals surface area contributed by atoms with Crippen molar-refractivity contribution >= 4 is 22.6 Å². The third kappa shape index (κ3) is 7.17. The summed E-state index contributed by atoms with van der Waals surface area (Å²) in [5, 5.41) is 8.12. The normalized spacial score (nSPS) is 17.5. The minimum Gasteiger partial charge on any atom is -0.350 e. The molecule has 0 aromatic heterocycles. The molecule has 7 heteroatoms. The maximum atomic E-state index is 13.8. The van der Waals surface area contributed by atoms with Crippen molar-refractivity contribution in [2.45, 2.75) is 37.3 Å². The number of fused-ring (bicyclic) bond motifs is 1. The Balaban J connectivity index is 1.29. The molecule has 0 radical (unpaired) electrons. The lowest BCUT2D eigenvalue weighted by Crippen LogP contribution is -2.49. The van der Waals surface area contributed by atoms with Crippen molar-refractivity contribution in [2.75, 3.05) is 26.2 Å². The average molecular weight is 553 g/mol. The molecular formula is C34H37FN4O2. The van der Waals surface area contributed by atoms with Crippen molar-refractivity contribution in [1.82, 2.24) is 15.5 Å². The zero-order valence-corrected chi connectivity index (χ0v) is 23.1. The van der Waals surface area contributed by atoms with E-state index in [2.05, 4.69) is 34.9 Å². The van der Waals surface area contributed by atoms with Crippen LogP contribution in [0.4, 0.5) is 4.39 Å². The quantitative estimate of drug-likeness (QED) is 0.263. The van der Waals surface area contributed by atoms with Gasteiger partial charge in [0.2, 0.25) is 5.91 Å². The fourth-order valence-corrected chi connectivity index (χ4v) is 5.62. The van der Waals surface area contributed by atoms with Crippen LogP contribution in [-0.4, -0.2) is 55.0 Å². The van der Waals surface area contributed by atoms with Crippen molar-refractivity contribution in [3.8, 4) is 0 Å². The van der Waals surface area contributed by atoms with E-state index < -0.39 is 0 Å². The summed E-state index contributed by atoms with van der Waals surface area (Å²) in [5.74, 6) is -0.377. The highest BCUT2D eigenvalue weighted by Crippen LogP contribution is 2.27. The minimum absolute atomic E-state index is 0.0501. The van der Waals surface area contributed by atoms with Crippen molar-refractivity contribution in [1.29, 1.82) is 0 Å². The first kappa shape index (κ1) is 28.5. The van der Waals surface area contributed by atoms with Gasteiger partial charge in [-0.1, -0.05) is 72.8 Å². The minimum atomic E-state index is -0.370. The summed E-state index contributed by atoms with van der Waals surface area (Å²) >= 11 is 0. The van der Waals surface area contributed by atoms with Gasteiger partial charge < -0.3 is 21.3 Å². The molecule has 1 unspecified atom stereocenters. The molecular weight excluding hydrogens is 515 g/mol. The van der Waals surface area contributed by atoms with Crippen LogP contribution in [0.15, 0.2) is 97.1 Å². The van der Waals surface area contributed by atoms with Crippen molar-refractivity contribution < 1.29 is 14.0 Å². The second-order valence-corrected chi connectivity index (χ2v) is 10.7. The smallest absolute Gasteiger partial charge is 0.251 e. The van der Waals surface area contributed by atoms with E-state index in [-0.39, 0.29) is 35.6 Å². The van der Waals surface area contributed by atoms with Crippen LogP contribution in [-0.2, 0) is 4.79 Å². The fourth-order valence-electron chi connectivity index (χ4n) is 5.62. The van der Waals surface area contributed by atoms with Gasteiger partial charge in [-0.15, -0.1) is 0 Å². The number of carbonyl (C=O) groups excluding carboxylic acids is 2. The Bertz CT molecular complexity index is 1420. The van der Waals surface area contributed by atoms with Crippen molar-refractivity contribution in [3.05, 3.63) is 120 Å². The lowest BCUT2D eigenvalue weighted by Gasteiger charge is -2.29. The topological polar surface area (TPSA) is 87.5 Å². The van der Waals surface area contributed by atoms with E-state index in [0.717, 1.165) is 17.2 Å². The highest BCUT2D eigenvalue weighted by molar-refractivity contribution is 5.98. The van der Waals surface area contributed by atoms with Crippen LogP contribution >= 0.6 is 0 Å². The summed E-state index contributed by atoms with van der Waals surface area (Å²) in [6, 6.07) is 29.9. The molecule has 0 saturated carbocycles. The zero-order chi connectivity index (χ0) is 28.6. The third-order valence-electron chi connectivity index (χ3n) is 7.87. The summed E-state index contributed by atoms with van der Waals surface area (Å²) in [4.78, 5) is 28.8. The molecule has 212 valence electrons. The van der Waals surface area contributed by atoms with Crippen molar-refractivity contribution in [2.24, 2.45) is 5.73 Å². The number of halogens is 1. The Morgan fingerprint density at radius 3 is 2.29 bits per heavy atom. The first-order valence-corrected chi connectivity index (χ1v) is 14.3. The Hall–Kier alpha value is -4.07. The molecule has 1 aliphatic heterocycles. The van der Waals surface area contributed by atoms with Gasteiger partial charge in [-0.05, 0) is 72.0 Å². The molecule has 0 aliphatic carbocycles. The molecule has 2 amide bonds. The van der Waals surface area contributed by atoms with Crippen LogP contribution in [0.5, 0.6) is 0 Å². The van der Waals surface area contributed by atoms with Crippen LogP contribution in [0.2, 0.25) is 0 Å². The van der Waals surface area contributed by atoms with Gasteiger partial charge in [-0.25, -0.2) is 4.39 Å². The van der Waals surface area contributed by atoms with Crippen molar-refractivity contribution in [3.63, 3.8) is 0 Å². The van der Waals surface area contributed by atoms with E-state index in [1.54, 1.807) is 24.3 Å². The van der Waals surface area contributed by atoms with Gasteiger partial charge in [0.25, 0.3) is 5.91 Å². The van der Waals surface area contributed by atoms with E-state index in [4.69, 9.17) is 5.73 Å². The average Bonchev–Trinajstić information content (AvgIpc) is 3.16. The highest BCUT2D eigenvalue weighted by atomic mass is 19.1. The van der Waals surface area contributed by atoms with Crippen LogP contribution in [0.25, 0.3) is 10.8 Å². The fraction of sp³-hybridized carbons (Fsp3) is 0.294. The largest absolute Gasteiger partial charge is 0.350 e. The number of amides is 2. The molecule has 0 spiro atoms. The Morgan fingerprint density at radius 2 is 1.61 bits per heavy atom. The summed E-state index contributed by atoms with van der Waals surface area (Å²) < 4.78 is 13.5. The molecule has 4 aromatic rings. The Morgan fingerprint density at radius 1 is 0.951 bits per heavy atom. The van der Waals surface area contributed by atoms with Gasteiger partial charge in [0, 0.05) is 37.2 Å². The number of rotatable bonds is 10. The maximum absolute atomic E-state index is 13.8. The lowest BCUT2D eigenvalue weighted by molar-refractivity contribution is -0.133. The van der Waals surface area contributed by atoms with Gasteiger partial charge >= 0.3 is 0 Å². The van der Waals surface area contributed by atoms with Gasteiger partial charge in [0.15, 0.2) is 0 Å². The third-order valence-corrected chi connectivity index (χ3v) is 7.87. The number of benzene rings is 4. The Labute approximate surface area is 240 Å². The SMILES string of the molecule is NCCC[C@@H]1NC(CNC(=O)c2ccc3cc(F)ccc3c2)CCN(CC(c2ccccc2)c2ccccc2)C1=O. The molecule has 0 bridgehead atoms. The molecule has 1 aliphatic rings. The molecule has 4 aromatic carbocycles. The second kappa shape index (κ2) is 13.5. The molecule has 1 fully saturated rings. The monoisotopic (exact) mass is 552 g/mol. The van der Waals surface area contributed by atoms with Crippen LogP contribution < -0.4 is 16.4 Å². The second-order valence-electron chi connectivity index (χ2n) is 10.7. The van der Waals surface area contributed by atoms with Gasteiger partial charge in [0.1, 0.15) is 5.82 Å². The molecule has 4 N–H and O–H groups in total. The summed E-state index contributed by atoms with van der Waals surface area (Å²) in [6.45, 7) is 2.06. The number of hydrogen-bond acceptors (Lipinski definition) is 4. The number of carbonyl (C=O) groups is 2. The van der Waals surface area contributed by atoms with E-state index in [9.17, 15) is 14.0 Å². The molecule has 1 saturated heterocycles. The lowest BCUT2D eigenvalue weighted by atomic mass is 9.90. The molecule has 41 heavy (non-hydrogen) atoms. The maximum Gasteiger partial charge on any atom is 0.251 e. The first-order chi connectivity index (χ1) is 20.0. The highest BCUT2D eigenvalue weighted by Gasteiger charge is 2.32.